The molecular formula is C23H18N2O3S. The standard InChI is InChI=1S/C23H18N2O3S/c1-17-12-14-18(15-13-17)22(26)21-16-24-23(19-8-4-2-5-9-19)25(21)29(27,28)20-10-6-3-7-11-20/h2-16H,1H3. The van der Waals surface area contributed by atoms with E-state index in [0.717, 1.165) is 9.54 Å². The van der Waals surface area contributed by atoms with Gasteiger partial charge >= 0.3 is 0 Å². The maximum atomic E-state index is 13.5. The van der Waals surface area contributed by atoms with E-state index in [-0.39, 0.29) is 16.4 Å². The molecule has 0 radical (unpaired) electrons. The molecule has 0 atom stereocenters. The highest BCUT2D eigenvalue weighted by Gasteiger charge is 2.28. The van der Waals surface area contributed by atoms with E-state index in [1.807, 2.05) is 25.1 Å². The summed E-state index contributed by atoms with van der Waals surface area (Å²) in [5, 5.41) is 0. The van der Waals surface area contributed by atoms with E-state index in [9.17, 15) is 13.2 Å². The van der Waals surface area contributed by atoms with Crippen LogP contribution in [0.2, 0.25) is 0 Å². The van der Waals surface area contributed by atoms with E-state index >= 15 is 0 Å². The van der Waals surface area contributed by atoms with E-state index in [4.69, 9.17) is 0 Å². The highest BCUT2D eigenvalue weighted by atomic mass is 32.2. The van der Waals surface area contributed by atoms with Crippen molar-refractivity contribution >= 4 is 15.8 Å². The number of imidazole rings is 1. The topological polar surface area (TPSA) is 69.0 Å². The summed E-state index contributed by atoms with van der Waals surface area (Å²) in [5.74, 6) is -0.205. The maximum absolute atomic E-state index is 13.5. The number of aromatic nitrogens is 2. The zero-order valence-electron chi connectivity index (χ0n) is 15.7. The van der Waals surface area contributed by atoms with Crippen LogP contribution in [0.4, 0.5) is 0 Å². The van der Waals surface area contributed by atoms with Gasteiger partial charge in [-0.15, -0.1) is 0 Å². The Kier molecular flexibility index (Phi) is 4.86. The predicted molar refractivity (Wildman–Crippen MR) is 111 cm³/mol. The lowest BCUT2D eigenvalue weighted by atomic mass is 10.1. The van der Waals surface area contributed by atoms with Crippen molar-refractivity contribution in [1.29, 1.82) is 0 Å². The lowest BCUT2D eigenvalue weighted by molar-refractivity contribution is 0.103. The van der Waals surface area contributed by atoms with Gasteiger partial charge in [-0.2, -0.15) is 0 Å². The molecule has 1 heterocycles. The van der Waals surface area contributed by atoms with Crippen LogP contribution in [0.15, 0.2) is 96.0 Å². The summed E-state index contributed by atoms with van der Waals surface area (Å²) in [6.07, 6.45) is 1.32. The lowest BCUT2D eigenvalue weighted by Crippen LogP contribution is -2.20. The average Bonchev–Trinajstić information content (AvgIpc) is 3.21. The van der Waals surface area contributed by atoms with Gasteiger partial charge in [0.25, 0.3) is 10.0 Å². The summed E-state index contributed by atoms with van der Waals surface area (Å²) in [5.41, 5.74) is 2.02. The van der Waals surface area contributed by atoms with Crippen molar-refractivity contribution in [2.45, 2.75) is 11.8 Å². The van der Waals surface area contributed by atoms with Gasteiger partial charge < -0.3 is 0 Å². The Bertz CT molecular complexity index is 1260. The molecule has 0 aliphatic rings. The fourth-order valence-electron chi connectivity index (χ4n) is 3.07. The van der Waals surface area contributed by atoms with Gasteiger partial charge in [-0.3, -0.25) is 4.79 Å². The molecular weight excluding hydrogens is 384 g/mol. The molecule has 0 amide bonds. The fourth-order valence-corrected chi connectivity index (χ4v) is 4.55. The molecule has 0 unspecified atom stereocenters. The van der Waals surface area contributed by atoms with Gasteiger partial charge in [-0.25, -0.2) is 17.4 Å². The summed E-state index contributed by atoms with van der Waals surface area (Å²) in [6, 6.07) is 24.0. The first-order valence-electron chi connectivity index (χ1n) is 9.03. The van der Waals surface area contributed by atoms with E-state index in [0.29, 0.717) is 11.1 Å². The number of benzene rings is 3. The van der Waals surface area contributed by atoms with Crippen LogP contribution in [0.25, 0.3) is 11.4 Å². The molecule has 144 valence electrons. The van der Waals surface area contributed by atoms with Crippen LogP contribution < -0.4 is 0 Å². The number of hydrogen-bond donors (Lipinski definition) is 0. The van der Waals surface area contributed by atoms with Gasteiger partial charge in [-0.1, -0.05) is 78.4 Å². The van der Waals surface area contributed by atoms with Crippen molar-refractivity contribution in [3.63, 3.8) is 0 Å². The second-order valence-electron chi connectivity index (χ2n) is 6.61. The monoisotopic (exact) mass is 402 g/mol. The van der Waals surface area contributed by atoms with Crippen LogP contribution in [0, 0.1) is 6.92 Å². The van der Waals surface area contributed by atoms with E-state index in [2.05, 4.69) is 4.98 Å². The average molecular weight is 402 g/mol. The Morgan fingerprint density at radius 3 is 2.03 bits per heavy atom. The van der Waals surface area contributed by atoms with Crippen molar-refractivity contribution in [1.82, 2.24) is 8.96 Å². The number of rotatable bonds is 5. The third-order valence-corrected chi connectivity index (χ3v) is 6.30. The summed E-state index contributed by atoms with van der Waals surface area (Å²) in [6.45, 7) is 1.92. The molecule has 5 nitrogen and oxygen atoms in total. The Morgan fingerprint density at radius 2 is 1.41 bits per heavy atom. The molecule has 29 heavy (non-hydrogen) atoms. The zero-order chi connectivity index (χ0) is 20.4. The van der Waals surface area contributed by atoms with Gasteiger partial charge in [0.05, 0.1) is 11.1 Å². The van der Waals surface area contributed by atoms with Gasteiger partial charge in [0.2, 0.25) is 5.78 Å². The minimum absolute atomic E-state index is 0.00319. The van der Waals surface area contributed by atoms with Gasteiger partial charge in [0, 0.05) is 11.1 Å². The van der Waals surface area contributed by atoms with Crippen molar-refractivity contribution in [2.75, 3.05) is 0 Å². The normalized spacial score (nSPS) is 11.3. The smallest absolute Gasteiger partial charge is 0.270 e. The first-order valence-corrected chi connectivity index (χ1v) is 10.5. The quantitative estimate of drug-likeness (QED) is 0.466. The highest BCUT2D eigenvalue weighted by Crippen LogP contribution is 2.27. The van der Waals surface area contributed by atoms with Crippen molar-refractivity contribution < 1.29 is 13.2 Å². The zero-order valence-corrected chi connectivity index (χ0v) is 16.5. The summed E-state index contributed by atoms with van der Waals surface area (Å²) in [4.78, 5) is 17.6. The number of ketones is 1. The number of carbonyl (C=O) groups is 1. The molecule has 4 rings (SSSR count). The number of carbonyl (C=O) groups excluding carboxylic acids is 1. The van der Waals surface area contributed by atoms with Gasteiger partial charge in [-0.05, 0) is 19.1 Å². The highest BCUT2D eigenvalue weighted by molar-refractivity contribution is 7.90. The maximum Gasteiger partial charge on any atom is 0.270 e. The predicted octanol–water partition coefficient (Wildman–Crippen LogP) is 4.33. The molecule has 0 aliphatic carbocycles. The Hall–Kier alpha value is -3.51. The van der Waals surface area contributed by atoms with Crippen molar-refractivity contribution in [3.05, 3.63) is 108 Å². The molecule has 0 saturated heterocycles. The Balaban J connectivity index is 1.95. The largest absolute Gasteiger partial charge is 0.287 e. The number of hydrogen-bond acceptors (Lipinski definition) is 4. The molecule has 0 fully saturated rings. The number of aryl methyl sites for hydroxylation is 1. The fraction of sp³-hybridized carbons (Fsp3) is 0.0435. The van der Waals surface area contributed by atoms with Crippen LogP contribution in [-0.2, 0) is 10.0 Å². The Morgan fingerprint density at radius 1 is 0.828 bits per heavy atom. The van der Waals surface area contributed by atoms with Gasteiger partial charge in [0.15, 0.2) is 5.82 Å². The molecule has 1 aromatic heterocycles. The molecule has 0 saturated carbocycles. The van der Waals surface area contributed by atoms with Crippen LogP contribution in [0.3, 0.4) is 0 Å². The van der Waals surface area contributed by atoms with E-state index < -0.39 is 15.8 Å². The third-order valence-electron chi connectivity index (χ3n) is 4.58. The van der Waals surface area contributed by atoms with E-state index in [1.165, 1.54) is 18.3 Å². The molecule has 0 aliphatic heterocycles. The third kappa shape index (κ3) is 3.50. The minimum atomic E-state index is -4.03. The minimum Gasteiger partial charge on any atom is -0.287 e. The summed E-state index contributed by atoms with van der Waals surface area (Å²) < 4.78 is 28.0. The SMILES string of the molecule is Cc1ccc(C(=O)c2cnc(-c3ccccc3)n2S(=O)(=O)c2ccccc2)cc1. The molecule has 4 aromatic rings. The summed E-state index contributed by atoms with van der Waals surface area (Å²) >= 11 is 0. The lowest BCUT2D eigenvalue weighted by Gasteiger charge is -2.13. The van der Waals surface area contributed by atoms with E-state index in [1.54, 1.807) is 54.6 Å². The molecule has 3 aromatic carbocycles. The molecule has 0 spiro atoms. The second kappa shape index (κ2) is 7.48. The van der Waals surface area contributed by atoms with Crippen molar-refractivity contribution in [3.8, 4) is 11.4 Å². The van der Waals surface area contributed by atoms with Crippen molar-refractivity contribution in [2.24, 2.45) is 0 Å². The van der Waals surface area contributed by atoms with Crippen LogP contribution in [0.1, 0.15) is 21.6 Å². The Labute approximate surface area is 169 Å². The van der Waals surface area contributed by atoms with Crippen LogP contribution in [-0.4, -0.2) is 23.2 Å². The molecule has 0 N–H and O–H groups in total. The number of nitrogens with zero attached hydrogens (tertiary/aromatic N) is 2. The van der Waals surface area contributed by atoms with Crippen LogP contribution in [0.5, 0.6) is 0 Å². The molecule has 0 bridgehead atoms. The summed E-state index contributed by atoms with van der Waals surface area (Å²) in [7, 11) is -4.03. The van der Waals surface area contributed by atoms with Crippen LogP contribution >= 0.6 is 0 Å². The second-order valence-corrected chi connectivity index (χ2v) is 8.40. The molecule has 6 heteroatoms. The van der Waals surface area contributed by atoms with Gasteiger partial charge in [0.1, 0.15) is 5.69 Å². The first kappa shape index (κ1) is 18.8. The first-order chi connectivity index (χ1) is 14.0.